The number of aromatic nitrogens is 3. The number of ether oxygens (including phenoxy) is 1. The average Bonchev–Trinajstić information content (AvgIpc) is 2.91. The average molecular weight is 304 g/mol. The molecule has 8 heteroatoms. The van der Waals surface area contributed by atoms with E-state index in [1.54, 1.807) is 18.3 Å². The first-order valence-electron chi connectivity index (χ1n) is 6.11. The van der Waals surface area contributed by atoms with Gasteiger partial charge >= 0.3 is 0 Å². The maximum absolute atomic E-state index is 8.90. The topological polar surface area (TPSA) is 117 Å². The highest BCUT2D eigenvalue weighted by Crippen LogP contribution is 2.33. The summed E-state index contributed by atoms with van der Waals surface area (Å²) in [7, 11) is -2.08. The lowest BCUT2D eigenvalue weighted by atomic mass is 10.1. The third-order valence-electron chi connectivity index (χ3n) is 2.99. The molecule has 0 aliphatic carbocycles. The zero-order chi connectivity index (χ0) is 14.8. The van der Waals surface area contributed by atoms with Gasteiger partial charge in [0.2, 0.25) is 8.38 Å². The molecule has 0 saturated heterocycles. The molecule has 5 N–H and O–H groups in total. The molecule has 3 rings (SSSR count). The number of aromatic amines is 1. The van der Waals surface area contributed by atoms with Gasteiger partial charge in [0.25, 0.3) is 0 Å². The number of hydrogen-bond acceptors (Lipinski definition) is 6. The number of nitrogens with zero attached hydrogens (tertiary/aromatic N) is 2. The molecular weight excluding hydrogens is 291 g/mol. The lowest BCUT2D eigenvalue weighted by Crippen LogP contribution is -1.95. The van der Waals surface area contributed by atoms with Crippen molar-refractivity contribution < 1.29 is 14.5 Å². The number of fused-ring (bicyclic) bond motifs is 1. The van der Waals surface area contributed by atoms with Crippen LogP contribution in [0.3, 0.4) is 0 Å². The van der Waals surface area contributed by atoms with Crippen molar-refractivity contribution in [3.05, 3.63) is 36.8 Å². The first-order valence-corrected chi connectivity index (χ1v) is 7.54. The van der Waals surface area contributed by atoms with E-state index in [-0.39, 0.29) is 6.35 Å². The summed E-state index contributed by atoms with van der Waals surface area (Å²) in [6.45, 7) is 0. The summed E-state index contributed by atoms with van der Waals surface area (Å²) < 4.78 is 5.30. The van der Waals surface area contributed by atoms with Crippen LogP contribution in [0.4, 0.5) is 5.82 Å². The molecule has 108 valence electrons. The zero-order valence-electron chi connectivity index (χ0n) is 10.9. The molecule has 1 aromatic carbocycles. The summed E-state index contributed by atoms with van der Waals surface area (Å²) in [5, 5.41) is 0.751. The number of hydrogen-bond donors (Lipinski definition) is 4. The predicted octanol–water partition coefficient (Wildman–Crippen LogP) is 1.84. The van der Waals surface area contributed by atoms with Crippen molar-refractivity contribution in [1.82, 2.24) is 15.0 Å². The highest BCUT2D eigenvalue weighted by atomic mass is 31.2. The van der Waals surface area contributed by atoms with Crippen LogP contribution >= 0.6 is 8.38 Å². The predicted molar refractivity (Wildman–Crippen MR) is 80.6 cm³/mol. The summed E-state index contributed by atoms with van der Waals surface area (Å²) in [6.07, 6.45) is 3.08. The first-order chi connectivity index (χ1) is 10.1. The van der Waals surface area contributed by atoms with Gasteiger partial charge in [-0.2, -0.15) is 0 Å². The molecule has 0 unspecified atom stereocenters. The van der Waals surface area contributed by atoms with Gasteiger partial charge in [0.1, 0.15) is 23.5 Å². The van der Waals surface area contributed by atoms with Crippen LogP contribution in [0.25, 0.3) is 22.2 Å². The van der Waals surface area contributed by atoms with Gasteiger partial charge in [-0.05, 0) is 17.7 Å². The van der Waals surface area contributed by atoms with E-state index in [0.717, 1.165) is 16.5 Å². The number of rotatable bonds is 4. The van der Waals surface area contributed by atoms with E-state index in [1.165, 1.54) is 6.33 Å². The molecule has 0 bridgehead atoms. The number of nitrogen functional groups attached to an aromatic ring is 1. The lowest BCUT2D eigenvalue weighted by Gasteiger charge is -2.08. The Hall–Kier alpha value is -2.21. The lowest BCUT2D eigenvalue weighted by molar-refractivity contribution is 0.348. The van der Waals surface area contributed by atoms with Crippen LogP contribution in [-0.2, 0) is 0 Å². The van der Waals surface area contributed by atoms with E-state index in [0.29, 0.717) is 17.2 Å². The normalized spacial score (nSPS) is 11.2. The summed E-state index contributed by atoms with van der Waals surface area (Å²) in [6, 6.07) is 7.27. The van der Waals surface area contributed by atoms with Crippen molar-refractivity contribution in [3.8, 4) is 16.9 Å². The fraction of sp³-hybridized carbons (Fsp3) is 0.0769. The van der Waals surface area contributed by atoms with Gasteiger partial charge in [-0.3, -0.25) is 0 Å². The Bertz CT molecular complexity index is 775. The zero-order valence-corrected chi connectivity index (χ0v) is 11.8. The smallest absolute Gasteiger partial charge is 0.205 e. The van der Waals surface area contributed by atoms with Crippen molar-refractivity contribution >= 4 is 25.2 Å². The summed E-state index contributed by atoms with van der Waals surface area (Å²) >= 11 is 0. The van der Waals surface area contributed by atoms with Gasteiger partial charge in [0.05, 0.1) is 5.39 Å². The quantitative estimate of drug-likeness (QED) is 0.546. The van der Waals surface area contributed by atoms with Crippen LogP contribution in [-0.4, -0.2) is 31.1 Å². The minimum absolute atomic E-state index is 0.127. The Morgan fingerprint density at radius 2 is 2.14 bits per heavy atom. The Labute approximate surface area is 121 Å². The highest BCUT2D eigenvalue weighted by Gasteiger charge is 2.11. The van der Waals surface area contributed by atoms with Gasteiger partial charge in [-0.25, -0.2) is 9.97 Å². The summed E-state index contributed by atoms with van der Waals surface area (Å²) in [4.78, 5) is 29.0. The second-order valence-corrected chi connectivity index (χ2v) is 5.36. The van der Waals surface area contributed by atoms with Crippen molar-refractivity contribution in [3.63, 3.8) is 0 Å². The number of anilines is 1. The fourth-order valence-corrected chi connectivity index (χ4v) is 2.36. The van der Waals surface area contributed by atoms with Crippen LogP contribution in [0.1, 0.15) is 0 Å². The number of benzene rings is 1. The van der Waals surface area contributed by atoms with E-state index in [1.807, 2.05) is 12.1 Å². The van der Waals surface area contributed by atoms with E-state index >= 15 is 0 Å². The Morgan fingerprint density at radius 3 is 2.95 bits per heavy atom. The molecular formula is C13H13N4O3P. The molecule has 7 nitrogen and oxygen atoms in total. The third-order valence-corrected chi connectivity index (χ3v) is 3.35. The fourth-order valence-electron chi connectivity index (χ4n) is 2.10. The van der Waals surface area contributed by atoms with Crippen LogP contribution in [0.5, 0.6) is 5.75 Å². The molecule has 0 aliphatic rings. The van der Waals surface area contributed by atoms with E-state index in [4.69, 9.17) is 20.3 Å². The second kappa shape index (κ2) is 5.65. The van der Waals surface area contributed by atoms with Gasteiger partial charge in [-0.15, -0.1) is 0 Å². The minimum atomic E-state index is -2.08. The van der Waals surface area contributed by atoms with E-state index in [2.05, 4.69) is 15.0 Å². The second-order valence-electron chi connectivity index (χ2n) is 4.36. The van der Waals surface area contributed by atoms with Crippen molar-refractivity contribution in [2.24, 2.45) is 0 Å². The molecule has 0 saturated carbocycles. The van der Waals surface area contributed by atoms with Crippen molar-refractivity contribution in [1.29, 1.82) is 0 Å². The van der Waals surface area contributed by atoms with Crippen molar-refractivity contribution in [2.75, 3.05) is 12.1 Å². The number of H-pyrrole nitrogens is 1. The number of nitrogens with two attached hydrogens (primary N) is 1. The molecule has 0 radical (unpaired) electrons. The Kier molecular flexibility index (Phi) is 3.70. The SMILES string of the molecule is Nc1ncnc2[nH]cc(-c3cccc(OCP(O)O)c3)c12. The van der Waals surface area contributed by atoms with Crippen LogP contribution in [0.15, 0.2) is 36.8 Å². The van der Waals surface area contributed by atoms with Crippen LogP contribution < -0.4 is 10.5 Å². The third kappa shape index (κ3) is 2.80. The Morgan fingerprint density at radius 1 is 1.29 bits per heavy atom. The molecule has 0 atom stereocenters. The molecule has 3 aromatic rings. The Balaban J connectivity index is 2.01. The monoisotopic (exact) mass is 304 g/mol. The first kappa shape index (κ1) is 13.8. The standard InChI is InChI=1S/C13H13N4O3P/c14-12-11-10(5-15-13(11)17-6-16-12)8-2-1-3-9(4-8)20-7-21(18)19/h1-6,18-19H,7H2,(H3,14,15,16,17). The maximum Gasteiger partial charge on any atom is 0.205 e. The maximum atomic E-state index is 8.90. The van der Waals surface area contributed by atoms with Gasteiger partial charge < -0.3 is 25.2 Å². The molecule has 0 amide bonds. The molecule has 21 heavy (non-hydrogen) atoms. The molecule has 2 heterocycles. The highest BCUT2D eigenvalue weighted by molar-refractivity contribution is 7.44. The molecule has 0 spiro atoms. The largest absolute Gasteiger partial charge is 0.484 e. The van der Waals surface area contributed by atoms with Crippen molar-refractivity contribution in [2.45, 2.75) is 0 Å². The number of nitrogens with one attached hydrogen (secondary N) is 1. The van der Waals surface area contributed by atoms with Gasteiger partial charge in [0.15, 0.2) is 6.35 Å². The molecule has 0 aliphatic heterocycles. The van der Waals surface area contributed by atoms with Gasteiger partial charge in [-0.1, -0.05) is 12.1 Å². The van der Waals surface area contributed by atoms with E-state index in [9.17, 15) is 0 Å². The molecule has 0 fully saturated rings. The summed E-state index contributed by atoms with van der Waals surface area (Å²) in [5.41, 5.74) is 8.31. The van der Waals surface area contributed by atoms with Gasteiger partial charge in [0, 0.05) is 11.8 Å². The molecule has 2 aromatic heterocycles. The van der Waals surface area contributed by atoms with E-state index < -0.39 is 8.38 Å². The summed E-state index contributed by atoms with van der Waals surface area (Å²) in [5.74, 6) is 0.949. The minimum Gasteiger partial charge on any atom is -0.484 e. The van der Waals surface area contributed by atoms with Crippen LogP contribution in [0, 0.1) is 0 Å². The van der Waals surface area contributed by atoms with Crippen LogP contribution in [0.2, 0.25) is 0 Å².